The van der Waals surface area contributed by atoms with Crippen LogP contribution in [0.5, 0.6) is 5.75 Å². The van der Waals surface area contributed by atoms with Crippen LogP contribution in [0.2, 0.25) is 0 Å². The number of benzene rings is 2. The molecule has 1 aliphatic heterocycles. The number of anilines is 2. The van der Waals surface area contributed by atoms with Crippen LogP contribution in [0.4, 0.5) is 11.4 Å². The summed E-state index contributed by atoms with van der Waals surface area (Å²) in [7, 11) is 1.62. The number of nitrogens with zero attached hydrogens (tertiary/aromatic N) is 1. The van der Waals surface area contributed by atoms with Crippen LogP contribution >= 0.6 is 0 Å². The van der Waals surface area contributed by atoms with Gasteiger partial charge in [-0.15, -0.1) is 0 Å². The van der Waals surface area contributed by atoms with Crippen LogP contribution in [0.3, 0.4) is 0 Å². The minimum Gasteiger partial charge on any atom is -0.497 e. The highest BCUT2D eigenvalue weighted by molar-refractivity contribution is 6.06. The largest absolute Gasteiger partial charge is 0.497 e. The molecule has 0 saturated carbocycles. The lowest BCUT2D eigenvalue weighted by molar-refractivity contribution is -0.119. The highest BCUT2D eigenvalue weighted by atomic mass is 16.5. The highest BCUT2D eigenvalue weighted by Gasteiger charge is 2.41. The Bertz CT molecular complexity index is 1210. The molecule has 1 aliphatic carbocycles. The number of allylic oxidation sites excluding steroid dienone is 1. The smallest absolute Gasteiger partial charge is 0.227 e. The maximum Gasteiger partial charge on any atom is 0.227 e. The normalized spacial score (nSPS) is 19.9. The second-order valence-electron chi connectivity index (χ2n) is 8.37. The first-order chi connectivity index (χ1) is 16.1. The lowest BCUT2D eigenvalue weighted by atomic mass is 9.80. The van der Waals surface area contributed by atoms with E-state index >= 15 is 0 Å². The Labute approximate surface area is 192 Å². The number of furan rings is 1. The Morgan fingerprint density at radius 2 is 1.88 bits per heavy atom. The first-order valence-electron chi connectivity index (χ1n) is 11.2. The third kappa shape index (κ3) is 3.71. The number of hydrogen-bond donors (Lipinski definition) is 1. The molecule has 0 bridgehead atoms. The van der Waals surface area contributed by atoms with Gasteiger partial charge in [0.05, 0.1) is 30.8 Å². The molecule has 168 valence electrons. The van der Waals surface area contributed by atoms with Gasteiger partial charge in [0.1, 0.15) is 11.5 Å². The average Bonchev–Trinajstić information content (AvgIpc) is 3.34. The summed E-state index contributed by atoms with van der Waals surface area (Å²) in [5.74, 6) is 1.46. The fourth-order valence-corrected chi connectivity index (χ4v) is 4.86. The Kier molecular flexibility index (Phi) is 5.50. The minimum absolute atomic E-state index is 0.0210. The monoisotopic (exact) mass is 442 g/mol. The number of rotatable bonds is 4. The van der Waals surface area contributed by atoms with Crippen molar-refractivity contribution >= 4 is 23.1 Å². The molecule has 3 aromatic rings. The molecule has 5 rings (SSSR count). The molecule has 0 saturated heterocycles. The molecule has 0 radical (unpaired) electrons. The Balaban J connectivity index is 1.71. The van der Waals surface area contributed by atoms with Gasteiger partial charge >= 0.3 is 0 Å². The van der Waals surface area contributed by atoms with E-state index in [1.54, 1.807) is 18.3 Å². The topological polar surface area (TPSA) is 71.8 Å². The third-order valence-electron chi connectivity index (χ3n) is 6.44. The van der Waals surface area contributed by atoms with Crippen LogP contribution in [-0.2, 0) is 9.59 Å². The molecular weight excluding hydrogens is 416 g/mol. The Hall–Kier alpha value is -3.80. The standard InChI is InChI=1S/C27H26N2O4/c1-3-25(31)29-22-8-5-4-7-20(22)28-21-15-18(24-9-6-14-33-24)16-23(30)26(21)27(29)17-10-12-19(32-2)13-11-17/h4-14,18,27-28H,3,15-16H2,1-2H3/t18-,27-/m1/s1. The van der Waals surface area contributed by atoms with Gasteiger partial charge in [0.2, 0.25) is 5.91 Å². The van der Waals surface area contributed by atoms with Gasteiger partial charge in [-0.25, -0.2) is 0 Å². The average molecular weight is 443 g/mol. The molecule has 2 atom stereocenters. The zero-order valence-electron chi connectivity index (χ0n) is 18.7. The summed E-state index contributed by atoms with van der Waals surface area (Å²) in [6.07, 6.45) is 2.93. The van der Waals surface area contributed by atoms with Crippen molar-refractivity contribution in [3.8, 4) is 5.75 Å². The number of carbonyl (C=O) groups excluding carboxylic acids is 2. The lowest BCUT2D eigenvalue weighted by Gasteiger charge is -2.34. The van der Waals surface area contributed by atoms with Gasteiger partial charge in [-0.2, -0.15) is 0 Å². The number of ketones is 1. The molecular formula is C27H26N2O4. The second kappa shape index (κ2) is 8.62. The van der Waals surface area contributed by atoms with Crippen molar-refractivity contribution in [1.29, 1.82) is 0 Å². The van der Waals surface area contributed by atoms with Crippen LogP contribution in [0.15, 0.2) is 82.6 Å². The number of hydrogen-bond acceptors (Lipinski definition) is 5. The number of nitrogens with one attached hydrogen (secondary N) is 1. The Morgan fingerprint density at radius 1 is 1.09 bits per heavy atom. The summed E-state index contributed by atoms with van der Waals surface area (Å²) in [4.78, 5) is 28.8. The van der Waals surface area contributed by atoms with E-state index in [4.69, 9.17) is 9.15 Å². The van der Waals surface area contributed by atoms with Crippen LogP contribution in [0.25, 0.3) is 0 Å². The summed E-state index contributed by atoms with van der Waals surface area (Å²) in [5, 5.41) is 3.51. The van der Waals surface area contributed by atoms with Crippen LogP contribution < -0.4 is 15.0 Å². The number of methoxy groups -OCH3 is 1. The molecule has 1 aromatic heterocycles. The Morgan fingerprint density at radius 3 is 2.58 bits per heavy atom. The highest BCUT2D eigenvalue weighted by Crippen LogP contribution is 2.47. The summed E-state index contributed by atoms with van der Waals surface area (Å²) in [6.45, 7) is 1.85. The van der Waals surface area contributed by atoms with E-state index in [-0.39, 0.29) is 17.6 Å². The maximum atomic E-state index is 13.7. The number of amides is 1. The molecule has 2 aromatic carbocycles. The molecule has 0 spiro atoms. The molecule has 33 heavy (non-hydrogen) atoms. The number of fused-ring (bicyclic) bond motifs is 1. The molecule has 1 N–H and O–H groups in total. The molecule has 0 unspecified atom stereocenters. The van der Waals surface area contributed by atoms with Crippen molar-refractivity contribution in [2.24, 2.45) is 0 Å². The number of Topliss-reactive ketones (excluding diaryl/α,β-unsaturated/α-hetero) is 1. The van der Waals surface area contributed by atoms with E-state index in [1.165, 1.54) is 0 Å². The zero-order valence-corrected chi connectivity index (χ0v) is 18.7. The van der Waals surface area contributed by atoms with E-state index in [1.807, 2.05) is 67.6 Å². The van der Waals surface area contributed by atoms with Gasteiger partial charge in [-0.1, -0.05) is 31.2 Å². The molecule has 2 aliphatic rings. The lowest BCUT2D eigenvalue weighted by Crippen LogP contribution is -2.38. The first-order valence-corrected chi connectivity index (χ1v) is 11.2. The minimum atomic E-state index is -0.528. The molecule has 6 nitrogen and oxygen atoms in total. The van der Waals surface area contributed by atoms with Crippen LogP contribution in [0.1, 0.15) is 49.5 Å². The van der Waals surface area contributed by atoms with Crippen LogP contribution in [-0.4, -0.2) is 18.8 Å². The van der Waals surface area contributed by atoms with Gasteiger partial charge in [0, 0.05) is 30.0 Å². The van der Waals surface area contributed by atoms with Crippen molar-refractivity contribution in [2.75, 3.05) is 17.3 Å². The van der Waals surface area contributed by atoms with Gasteiger partial charge < -0.3 is 14.5 Å². The molecule has 0 fully saturated rings. The van der Waals surface area contributed by atoms with Crippen molar-refractivity contribution in [3.05, 3.63) is 89.5 Å². The summed E-state index contributed by atoms with van der Waals surface area (Å²) in [6, 6.07) is 18.6. The molecule has 6 heteroatoms. The summed E-state index contributed by atoms with van der Waals surface area (Å²) in [5.41, 5.74) is 3.93. The van der Waals surface area contributed by atoms with E-state index in [0.29, 0.717) is 24.8 Å². The number of ether oxygens (including phenoxy) is 1. The third-order valence-corrected chi connectivity index (χ3v) is 6.44. The molecule has 2 heterocycles. The van der Waals surface area contributed by atoms with E-state index in [9.17, 15) is 9.59 Å². The number of carbonyl (C=O) groups is 2. The second-order valence-corrected chi connectivity index (χ2v) is 8.37. The van der Waals surface area contributed by atoms with E-state index < -0.39 is 6.04 Å². The molecule has 1 amide bonds. The fourth-order valence-electron chi connectivity index (χ4n) is 4.86. The van der Waals surface area contributed by atoms with Gasteiger partial charge in [-0.05, 0) is 48.4 Å². The van der Waals surface area contributed by atoms with Gasteiger partial charge in [0.25, 0.3) is 0 Å². The maximum absolute atomic E-state index is 13.7. The van der Waals surface area contributed by atoms with Crippen LogP contribution in [0, 0.1) is 0 Å². The first kappa shape index (κ1) is 21.1. The van der Waals surface area contributed by atoms with E-state index in [0.717, 1.165) is 34.1 Å². The zero-order chi connectivity index (χ0) is 22.9. The predicted octanol–water partition coefficient (Wildman–Crippen LogP) is 5.60. The quantitative estimate of drug-likeness (QED) is 0.570. The van der Waals surface area contributed by atoms with Gasteiger partial charge in [0.15, 0.2) is 5.78 Å². The van der Waals surface area contributed by atoms with Crippen molar-refractivity contribution in [2.45, 2.75) is 38.1 Å². The summed E-state index contributed by atoms with van der Waals surface area (Å²) < 4.78 is 11.0. The van der Waals surface area contributed by atoms with Crippen molar-refractivity contribution < 1.29 is 18.7 Å². The number of para-hydroxylation sites is 2. The van der Waals surface area contributed by atoms with E-state index in [2.05, 4.69) is 5.32 Å². The van der Waals surface area contributed by atoms with Gasteiger partial charge in [-0.3, -0.25) is 14.5 Å². The SMILES string of the molecule is CCC(=O)N1c2ccccc2NC2=C(C(=O)C[C@H](c3ccco3)C2)[C@H]1c1ccc(OC)cc1. The van der Waals surface area contributed by atoms with Crippen molar-refractivity contribution in [3.63, 3.8) is 0 Å². The van der Waals surface area contributed by atoms with Crippen molar-refractivity contribution in [1.82, 2.24) is 0 Å². The predicted molar refractivity (Wildman–Crippen MR) is 126 cm³/mol. The summed E-state index contributed by atoms with van der Waals surface area (Å²) >= 11 is 0. The fraction of sp³-hybridized carbons (Fsp3) is 0.259.